The van der Waals surface area contributed by atoms with E-state index in [0.29, 0.717) is 17.9 Å². The van der Waals surface area contributed by atoms with E-state index in [9.17, 15) is 0 Å². The Morgan fingerprint density at radius 2 is 1.83 bits per heavy atom. The molecule has 2 N–H and O–H groups in total. The number of nitrogens with zero attached hydrogens (tertiary/aromatic N) is 4. The molecule has 0 radical (unpaired) electrons. The number of hydrogen-bond acceptors (Lipinski definition) is 6. The van der Waals surface area contributed by atoms with Gasteiger partial charge in [0.15, 0.2) is 0 Å². The van der Waals surface area contributed by atoms with E-state index in [0.717, 1.165) is 25.6 Å². The molecule has 0 bridgehead atoms. The van der Waals surface area contributed by atoms with Crippen LogP contribution >= 0.6 is 0 Å². The smallest absolute Gasteiger partial charge is 0.231 e. The first-order chi connectivity index (χ1) is 8.85. The highest BCUT2D eigenvalue weighted by molar-refractivity contribution is 5.45. The Bertz CT molecular complexity index is 411. The Hall–Kier alpha value is -1.59. The molecule has 0 atom stereocenters. The molecule has 18 heavy (non-hydrogen) atoms. The summed E-state index contributed by atoms with van der Waals surface area (Å²) < 4.78 is 0. The molecule has 1 aromatic rings. The summed E-state index contributed by atoms with van der Waals surface area (Å²) in [6, 6.07) is 0.563. The molecular weight excluding hydrogens is 228 g/mol. The van der Waals surface area contributed by atoms with Gasteiger partial charge in [-0.2, -0.15) is 15.0 Å². The molecular formula is C12H20N6. The maximum atomic E-state index is 4.53. The fourth-order valence-corrected chi connectivity index (χ4v) is 2.14. The molecule has 3 rings (SSSR count). The Kier molecular flexibility index (Phi) is 3.17. The van der Waals surface area contributed by atoms with Crippen LogP contribution in [0.1, 0.15) is 32.6 Å². The van der Waals surface area contributed by atoms with Gasteiger partial charge in [0.1, 0.15) is 0 Å². The second-order valence-corrected chi connectivity index (χ2v) is 4.93. The van der Waals surface area contributed by atoms with Gasteiger partial charge in [-0.15, -0.1) is 0 Å². The van der Waals surface area contributed by atoms with Crippen molar-refractivity contribution in [3.63, 3.8) is 0 Å². The molecule has 98 valence electrons. The third-order valence-corrected chi connectivity index (χ3v) is 3.26. The van der Waals surface area contributed by atoms with Gasteiger partial charge < -0.3 is 15.5 Å². The molecule has 1 aliphatic heterocycles. The standard InChI is InChI=1S/C12H20N6/c1-2-13-10-15-11(14-9-5-6-9)17-12(16-10)18-7-3-4-8-18/h9H,2-8H2,1H3,(H2,13,14,15,16,17). The molecule has 6 nitrogen and oxygen atoms in total. The Morgan fingerprint density at radius 3 is 2.50 bits per heavy atom. The minimum Gasteiger partial charge on any atom is -0.354 e. The van der Waals surface area contributed by atoms with E-state index in [-0.39, 0.29) is 0 Å². The van der Waals surface area contributed by atoms with E-state index in [2.05, 4.69) is 30.5 Å². The lowest BCUT2D eigenvalue weighted by Gasteiger charge is -2.17. The quantitative estimate of drug-likeness (QED) is 0.822. The third-order valence-electron chi connectivity index (χ3n) is 3.26. The lowest BCUT2D eigenvalue weighted by Crippen LogP contribution is -2.22. The average Bonchev–Trinajstić information content (AvgIpc) is 3.00. The summed E-state index contributed by atoms with van der Waals surface area (Å²) in [6.45, 7) is 4.98. The predicted molar refractivity (Wildman–Crippen MR) is 72.1 cm³/mol. The molecule has 2 heterocycles. The molecule has 2 aliphatic rings. The van der Waals surface area contributed by atoms with Crippen LogP contribution in [0.2, 0.25) is 0 Å². The number of hydrogen-bond donors (Lipinski definition) is 2. The van der Waals surface area contributed by atoms with Crippen LogP contribution in [0, 0.1) is 0 Å². The molecule has 0 unspecified atom stereocenters. The van der Waals surface area contributed by atoms with Gasteiger partial charge in [0.25, 0.3) is 0 Å². The van der Waals surface area contributed by atoms with E-state index >= 15 is 0 Å². The minimum absolute atomic E-state index is 0.563. The fraction of sp³-hybridized carbons (Fsp3) is 0.750. The average molecular weight is 248 g/mol. The lowest BCUT2D eigenvalue weighted by molar-refractivity contribution is 0.874. The Morgan fingerprint density at radius 1 is 1.11 bits per heavy atom. The van der Waals surface area contributed by atoms with Crippen molar-refractivity contribution in [1.82, 2.24) is 15.0 Å². The van der Waals surface area contributed by atoms with Gasteiger partial charge in [0.2, 0.25) is 17.8 Å². The molecule has 1 saturated heterocycles. The van der Waals surface area contributed by atoms with E-state index in [1.807, 2.05) is 6.92 Å². The first-order valence-corrected chi connectivity index (χ1v) is 6.86. The fourth-order valence-electron chi connectivity index (χ4n) is 2.14. The third kappa shape index (κ3) is 2.63. The lowest BCUT2D eigenvalue weighted by atomic mass is 10.4. The van der Waals surface area contributed by atoms with E-state index in [1.165, 1.54) is 25.7 Å². The summed E-state index contributed by atoms with van der Waals surface area (Å²) >= 11 is 0. The summed E-state index contributed by atoms with van der Waals surface area (Å²) in [7, 11) is 0. The van der Waals surface area contributed by atoms with Gasteiger partial charge in [0, 0.05) is 25.7 Å². The van der Waals surface area contributed by atoms with Crippen LogP contribution in [0.25, 0.3) is 0 Å². The first kappa shape index (κ1) is 11.5. The SMILES string of the molecule is CCNc1nc(NC2CC2)nc(N2CCCC2)n1. The number of nitrogens with one attached hydrogen (secondary N) is 2. The van der Waals surface area contributed by atoms with Crippen LogP contribution in [0.4, 0.5) is 17.8 Å². The highest BCUT2D eigenvalue weighted by atomic mass is 15.3. The van der Waals surface area contributed by atoms with Crippen molar-refractivity contribution >= 4 is 17.8 Å². The van der Waals surface area contributed by atoms with Crippen LogP contribution < -0.4 is 15.5 Å². The van der Waals surface area contributed by atoms with Crippen molar-refractivity contribution in [1.29, 1.82) is 0 Å². The van der Waals surface area contributed by atoms with Crippen molar-refractivity contribution in [2.45, 2.75) is 38.6 Å². The Labute approximate surface area is 107 Å². The van der Waals surface area contributed by atoms with E-state index < -0.39 is 0 Å². The van der Waals surface area contributed by atoms with Crippen LogP contribution in [0.5, 0.6) is 0 Å². The maximum Gasteiger partial charge on any atom is 0.231 e. The van der Waals surface area contributed by atoms with Crippen molar-refractivity contribution in [3.8, 4) is 0 Å². The predicted octanol–water partition coefficient (Wildman–Crippen LogP) is 1.48. The van der Waals surface area contributed by atoms with Crippen LogP contribution in [-0.4, -0.2) is 40.6 Å². The second kappa shape index (κ2) is 4.96. The van der Waals surface area contributed by atoms with E-state index in [1.54, 1.807) is 0 Å². The number of rotatable bonds is 5. The van der Waals surface area contributed by atoms with Gasteiger partial charge in [-0.3, -0.25) is 0 Å². The summed E-state index contributed by atoms with van der Waals surface area (Å²) in [5.41, 5.74) is 0. The molecule has 2 fully saturated rings. The summed E-state index contributed by atoms with van der Waals surface area (Å²) in [5.74, 6) is 2.20. The van der Waals surface area contributed by atoms with Crippen LogP contribution in [0.15, 0.2) is 0 Å². The zero-order valence-electron chi connectivity index (χ0n) is 10.8. The molecule has 0 spiro atoms. The van der Waals surface area contributed by atoms with E-state index in [4.69, 9.17) is 0 Å². The first-order valence-electron chi connectivity index (χ1n) is 6.86. The molecule has 1 saturated carbocycles. The normalized spacial score (nSPS) is 19.1. The molecule has 0 aromatic carbocycles. The summed E-state index contributed by atoms with van der Waals surface area (Å²) in [4.78, 5) is 15.7. The van der Waals surface area contributed by atoms with Gasteiger partial charge >= 0.3 is 0 Å². The largest absolute Gasteiger partial charge is 0.354 e. The van der Waals surface area contributed by atoms with Gasteiger partial charge in [0.05, 0.1) is 0 Å². The number of anilines is 3. The van der Waals surface area contributed by atoms with Crippen LogP contribution in [-0.2, 0) is 0 Å². The van der Waals surface area contributed by atoms with Crippen LogP contribution in [0.3, 0.4) is 0 Å². The minimum atomic E-state index is 0.563. The van der Waals surface area contributed by atoms with Crippen molar-refractivity contribution in [2.24, 2.45) is 0 Å². The maximum absolute atomic E-state index is 4.53. The van der Waals surface area contributed by atoms with Crippen molar-refractivity contribution in [2.75, 3.05) is 35.2 Å². The molecule has 0 amide bonds. The van der Waals surface area contributed by atoms with Gasteiger partial charge in [-0.05, 0) is 32.6 Å². The highest BCUT2D eigenvalue weighted by Gasteiger charge is 2.23. The zero-order valence-corrected chi connectivity index (χ0v) is 10.8. The van der Waals surface area contributed by atoms with Gasteiger partial charge in [-0.1, -0.05) is 0 Å². The zero-order chi connectivity index (χ0) is 12.4. The summed E-state index contributed by atoms with van der Waals surface area (Å²) in [5, 5.41) is 6.53. The van der Waals surface area contributed by atoms with Gasteiger partial charge in [-0.25, -0.2) is 0 Å². The number of aromatic nitrogens is 3. The van der Waals surface area contributed by atoms with Crippen molar-refractivity contribution in [3.05, 3.63) is 0 Å². The van der Waals surface area contributed by atoms with Crippen molar-refractivity contribution < 1.29 is 0 Å². The monoisotopic (exact) mass is 248 g/mol. The molecule has 1 aliphatic carbocycles. The second-order valence-electron chi connectivity index (χ2n) is 4.93. The summed E-state index contributed by atoms with van der Waals surface area (Å²) in [6.07, 6.45) is 4.91. The highest BCUT2D eigenvalue weighted by Crippen LogP contribution is 2.25. The topological polar surface area (TPSA) is 66.0 Å². The molecule has 6 heteroatoms. The molecule has 1 aromatic heterocycles. The Balaban J connectivity index is 1.82.